The highest BCUT2D eigenvalue weighted by molar-refractivity contribution is 5.94. The van der Waals surface area contributed by atoms with Crippen LogP contribution < -0.4 is 10.1 Å². The topological polar surface area (TPSA) is 56.1 Å². The smallest absolute Gasteiger partial charge is 0.228 e. The molecule has 0 aliphatic carbocycles. The van der Waals surface area contributed by atoms with Gasteiger partial charge in [0.05, 0.1) is 30.3 Å². The first-order valence-corrected chi connectivity index (χ1v) is 7.84. The molecule has 0 saturated carbocycles. The molecule has 0 atom stereocenters. The summed E-state index contributed by atoms with van der Waals surface area (Å²) in [7, 11) is 3.58. The van der Waals surface area contributed by atoms with Crippen molar-refractivity contribution >= 4 is 22.6 Å². The number of aromatic nitrogens is 2. The van der Waals surface area contributed by atoms with Crippen molar-refractivity contribution in [2.75, 3.05) is 12.4 Å². The van der Waals surface area contributed by atoms with Crippen molar-refractivity contribution in [3.05, 3.63) is 53.3 Å². The van der Waals surface area contributed by atoms with E-state index in [2.05, 4.69) is 10.3 Å². The van der Waals surface area contributed by atoms with Crippen LogP contribution in [0.2, 0.25) is 0 Å². The van der Waals surface area contributed by atoms with Crippen molar-refractivity contribution < 1.29 is 9.53 Å². The number of ether oxygens (including phenoxy) is 1. The van der Waals surface area contributed by atoms with E-state index in [1.807, 2.05) is 61.9 Å². The van der Waals surface area contributed by atoms with E-state index in [1.54, 1.807) is 7.11 Å². The largest absolute Gasteiger partial charge is 0.495 e. The molecule has 0 aliphatic heterocycles. The fourth-order valence-corrected chi connectivity index (χ4v) is 2.78. The average molecular weight is 323 g/mol. The fourth-order valence-electron chi connectivity index (χ4n) is 2.78. The molecule has 5 heteroatoms. The zero-order valence-corrected chi connectivity index (χ0v) is 14.4. The number of rotatable bonds is 4. The number of methoxy groups -OCH3 is 1. The van der Waals surface area contributed by atoms with Crippen molar-refractivity contribution in [3.63, 3.8) is 0 Å². The maximum atomic E-state index is 12.4. The SMILES string of the molecule is COc1ccc(C)cc1NC(=O)Cc1ccc2c(c1)nc(C)n2C. The molecule has 24 heavy (non-hydrogen) atoms. The summed E-state index contributed by atoms with van der Waals surface area (Å²) in [5.41, 5.74) is 4.67. The normalized spacial score (nSPS) is 10.8. The van der Waals surface area contributed by atoms with Crippen LogP contribution >= 0.6 is 0 Å². The van der Waals surface area contributed by atoms with Gasteiger partial charge in [0.15, 0.2) is 0 Å². The highest BCUT2D eigenvalue weighted by Crippen LogP contribution is 2.25. The minimum atomic E-state index is -0.0779. The van der Waals surface area contributed by atoms with Gasteiger partial charge in [-0.3, -0.25) is 4.79 Å². The van der Waals surface area contributed by atoms with Crippen LogP contribution in [0.5, 0.6) is 5.75 Å². The van der Waals surface area contributed by atoms with Gasteiger partial charge in [-0.15, -0.1) is 0 Å². The monoisotopic (exact) mass is 323 g/mol. The van der Waals surface area contributed by atoms with Crippen LogP contribution in [0.15, 0.2) is 36.4 Å². The zero-order valence-electron chi connectivity index (χ0n) is 14.4. The standard InChI is InChI=1S/C19H21N3O2/c1-12-5-8-18(24-4)16(9-12)21-19(23)11-14-6-7-17-15(10-14)20-13(2)22(17)3/h5-10H,11H2,1-4H3,(H,21,23). The summed E-state index contributed by atoms with van der Waals surface area (Å²) in [5, 5.41) is 2.93. The number of hydrogen-bond acceptors (Lipinski definition) is 3. The van der Waals surface area contributed by atoms with Gasteiger partial charge in [-0.25, -0.2) is 4.98 Å². The predicted molar refractivity (Wildman–Crippen MR) is 95.5 cm³/mol. The number of carbonyl (C=O) groups is 1. The van der Waals surface area contributed by atoms with E-state index in [1.165, 1.54) is 0 Å². The molecule has 1 aromatic heterocycles. The van der Waals surface area contributed by atoms with E-state index in [-0.39, 0.29) is 5.91 Å². The van der Waals surface area contributed by atoms with E-state index in [9.17, 15) is 4.79 Å². The first kappa shape index (κ1) is 16.1. The predicted octanol–water partition coefficient (Wildman–Crippen LogP) is 3.38. The van der Waals surface area contributed by atoms with Crippen molar-refractivity contribution in [1.29, 1.82) is 0 Å². The number of hydrogen-bond donors (Lipinski definition) is 1. The molecule has 3 aromatic rings. The lowest BCUT2D eigenvalue weighted by molar-refractivity contribution is -0.115. The molecule has 2 aromatic carbocycles. The molecule has 0 unspecified atom stereocenters. The van der Waals surface area contributed by atoms with Gasteiger partial charge in [-0.1, -0.05) is 12.1 Å². The van der Waals surface area contributed by atoms with Crippen molar-refractivity contribution in [1.82, 2.24) is 9.55 Å². The van der Waals surface area contributed by atoms with Gasteiger partial charge in [0.2, 0.25) is 5.91 Å². The third-order valence-electron chi connectivity index (χ3n) is 4.16. The third kappa shape index (κ3) is 3.11. The second-order valence-electron chi connectivity index (χ2n) is 5.97. The van der Waals surface area contributed by atoms with Crippen molar-refractivity contribution in [3.8, 4) is 5.75 Å². The molecule has 0 saturated heterocycles. The van der Waals surface area contributed by atoms with Gasteiger partial charge in [0.25, 0.3) is 0 Å². The lowest BCUT2D eigenvalue weighted by atomic mass is 10.1. The summed E-state index contributed by atoms with van der Waals surface area (Å²) in [6, 6.07) is 11.7. The molecule has 0 radical (unpaired) electrons. The summed E-state index contributed by atoms with van der Waals surface area (Å²) < 4.78 is 7.34. The Labute approximate surface area is 141 Å². The van der Waals surface area contributed by atoms with Crippen LogP contribution in [0.1, 0.15) is 17.0 Å². The third-order valence-corrected chi connectivity index (χ3v) is 4.16. The van der Waals surface area contributed by atoms with Gasteiger partial charge >= 0.3 is 0 Å². The number of nitrogens with zero attached hydrogens (tertiary/aromatic N) is 2. The molecule has 1 N–H and O–H groups in total. The molecule has 124 valence electrons. The van der Waals surface area contributed by atoms with Gasteiger partial charge in [0.1, 0.15) is 11.6 Å². The minimum absolute atomic E-state index is 0.0779. The van der Waals surface area contributed by atoms with Crippen LogP contribution in [0, 0.1) is 13.8 Å². The maximum absolute atomic E-state index is 12.4. The molecular formula is C19H21N3O2. The van der Waals surface area contributed by atoms with Crippen molar-refractivity contribution in [2.24, 2.45) is 7.05 Å². The lowest BCUT2D eigenvalue weighted by Crippen LogP contribution is -2.15. The molecule has 1 amide bonds. The number of anilines is 1. The molecule has 0 aliphatic rings. The molecule has 0 bridgehead atoms. The Bertz CT molecular complexity index is 912. The van der Waals surface area contributed by atoms with Gasteiger partial charge < -0.3 is 14.6 Å². The molecule has 0 fully saturated rings. The lowest BCUT2D eigenvalue weighted by Gasteiger charge is -2.11. The summed E-state index contributed by atoms with van der Waals surface area (Å²) >= 11 is 0. The quantitative estimate of drug-likeness (QED) is 0.801. The second kappa shape index (κ2) is 6.35. The van der Waals surface area contributed by atoms with Gasteiger partial charge in [-0.2, -0.15) is 0 Å². The molecule has 0 spiro atoms. The zero-order chi connectivity index (χ0) is 17.3. The van der Waals surface area contributed by atoms with Crippen LogP contribution in [-0.2, 0) is 18.3 Å². The Morgan fingerprint density at radius 2 is 2.00 bits per heavy atom. The summed E-state index contributed by atoms with van der Waals surface area (Å²) in [5.74, 6) is 1.53. The van der Waals surface area contributed by atoms with Crippen LogP contribution in [0.3, 0.4) is 0 Å². The Morgan fingerprint density at radius 3 is 2.75 bits per heavy atom. The Morgan fingerprint density at radius 1 is 1.21 bits per heavy atom. The maximum Gasteiger partial charge on any atom is 0.228 e. The van der Waals surface area contributed by atoms with Crippen LogP contribution in [0.25, 0.3) is 11.0 Å². The Kier molecular flexibility index (Phi) is 4.25. The van der Waals surface area contributed by atoms with E-state index in [4.69, 9.17) is 4.74 Å². The number of nitrogens with one attached hydrogen (secondary N) is 1. The van der Waals surface area contributed by atoms with Gasteiger partial charge in [-0.05, 0) is 49.2 Å². The number of fused-ring (bicyclic) bond motifs is 1. The van der Waals surface area contributed by atoms with Crippen LogP contribution in [0.4, 0.5) is 5.69 Å². The number of amides is 1. The molecule has 3 rings (SSSR count). The number of aryl methyl sites for hydroxylation is 3. The summed E-state index contributed by atoms with van der Waals surface area (Å²) in [4.78, 5) is 16.9. The van der Waals surface area contributed by atoms with Crippen molar-refractivity contribution in [2.45, 2.75) is 20.3 Å². The Hall–Kier alpha value is -2.82. The molecule has 5 nitrogen and oxygen atoms in total. The number of benzene rings is 2. The highest BCUT2D eigenvalue weighted by atomic mass is 16.5. The first-order chi connectivity index (χ1) is 11.5. The van der Waals surface area contributed by atoms with E-state index in [0.717, 1.165) is 28.0 Å². The fraction of sp³-hybridized carbons (Fsp3) is 0.263. The second-order valence-corrected chi connectivity index (χ2v) is 5.97. The average Bonchev–Trinajstić information content (AvgIpc) is 2.81. The van der Waals surface area contributed by atoms with E-state index < -0.39 is 0 Å². The van der Waals surface area contributed by atoms with E-state index >= 15 is 0 Å². The Balaban J connectivity index is 1.79. The van der Waals surface area contributed by atoms with Gasteiger partial charge in [0, 0.05) is 7.05 Å². The number of imidazole rings is 1. The molecule has 1 heterocycles. The van der Waals surface area contributed by atoms with Crippen LogP contribution in [-0.4, -0.2) is 22.6 Å². The highest BCUT2D eigenvalue weighted by Gasteiger charge is 2.10. The molecular weight excluding hydrogens is 302 g/mol. The number of carbonyl (C=O) groups excluding carboxylic acids is 1. The summed E-state index contributed by atoms with van der Waals surface area (Å²) in [6.45, 7) is 3.95. The first-order valence-electron chi connectivity index (χ1n) is 7.84. The van der Waals surface area contributed by atoms with E-state index in [0.29, 0.717) is 17.9 Å². The summed E-state index contributed by atoms with van der Waals surface area (Å²) in [6.07, 6.45) is 0.294. The minimum Gasteiger partial charge on any atom is -0.495 e.